The number of aromatic nitrogens is 1. The molecule has 3 heterocycles. The number of carbonyl (C=O) groups excluding carboxylic acids is 1. The van der Waals surface area contributed by atoms with Crippen LogP contribution in [0.5, 0.6) is 0 Å². The van der Waals surface area contributed by atoms with Gasteiger partial charge >= 0.3 is 12.2 Å². The quantitative estimate of drug-likeness (QED) is 0.273. The van der Waals surface area contributed by atoms with Crippen LogP contribution in [0.3, 0.4) is 0 Å². The van der Waals surface area contributed by atoms with Crippen molar-refractivity contribution in [2.45, 2.75) is 26.1 Å². The van der Waals surface area contributed by atoms with E-state index in [-0.39, 0.29) is 17.8 Å². The molecule has 0 spiro atoms. The van der Waals surface area contributed by atoms with Gasteiger partial charge in [-0.05, 0) is 61.5 Å². The van der Waals surface area contributed by atoms with Crippen molar-refractivity contribution in [2.75, 3.05) is 43.9 Å². The molecule has 11 heteroatoms. The van der Waals surface area contributed by atoms with Gasteiger partial charge in [-0.3, -0.25) is 14.9 Å². The van der Waals surface area contributed by atoms with Gasteiger partial charge in [-0.25, -0.2) is 9.64 Å². The Kier molecular flexibility index (Phi) is 9.09. The summed E-state index contributed by atoms with van der Waals surface area (Å²) in [5, 5.41) is 5.20. The number of benzene rings is 2. The third-order valence-electron chi connectivity index (χ3n) is 7.42. The summed E-state index contributed by atoms with van der Waals surface area (Å²) >= 11 is 0. The zero-order valence-corrected chi connectivity index (χ0v) is 24.3. The number of piperazine rings is 1. The molecule has 3 aromatic rings. The summed E-state index contributed by atoms with van der Waals surface area (Å²) in [5.41, 5.74) is 4.14. The van der Waals surface area contributed by atoms with Crippen molar-refractivity contribution >= 4 is 23.1 Å². The maximum Gasteiger partial charge on any atom is 0.416 e. The third-order valence-corrected chi connectivity index (χ3v) is 7.42. The SMILES string of the molecule is [C-]#[N+]C1=CN=C(c2ccc(C#Cc3cc(NC(=O)Nc4ccc(CN5CCN(C)CC5)c(C(F)(F)F)c4)ccc3C)cn2)C1. The molecule has 2 N–H and O–H groups in total. The average Bonchev–Trinajstić information content (AvgIpc) is 3.48. The summed E-state index contributed by atoms with van der Waals surface area (Å²) < 4.78 is 41.8. The van der Waals surface area contributed by atoms with Crippen molar-refractivity contribution < 1.29 is 18.0 Å². The van der Waals surface area contributed by atoms with Crippen LogP contribution >= 0.6 is 0 Å². The standard InChI is InChI=1S/C33H30F3N7O/c1-22-4-9-26(16-24(22)7-5-23-6-11-30(38-19-23)31-18-28(37-2)20-39-31)40-32(44)41-27-10-8-25(29(17-27)33(34,35)36)21-43-14-12-42(3)13-15-43/h4,6,8-11,16-17,19-20H,12-15,18,21H2,1,3H3,(H2,40,41,44). The highest BCUT2D eigenvalue weighted by Gasteiger charge is 2.34. The Labute approximate surface area is 254 Å². The fourth-order valence-corrected chi connectivity index (χ4v) is 4.85. The first kappa shape index (κ1) is 30.5. The Balaban J connectivity index is 1.23. The van der Waals surface area contributed by atoms with Gasteiger partial charge < -0.3 is 15.5 Å². The Bertz CT molecular complexity index is 1720. The normalized spacial score (nSPS) is 15.5. The zero-order valence-electron chi connectivity index (χ0n) is 24.3. The van der Waals surface area contributed by atoms with Gasteiger partial charge in [-0.15, -0.1) is 0 Å². The highest BCUT2D eigenvalue weighted by molar-refractivity contribution is 6.02. The number of rotatable bonds is 5. The van der Waals surface area contributed by atoms with Crippen LogP contribution in [-0.4, -0.2) is 59.8 Å². The summed E-state index contributed by atoms with van der Waals surface area (Å²) in [7, 11) is 1.99. The monoisotopic (exact) mass is 597 g/mol. The van der Waals surface area contributed by atoms with Crippen LogP contribution in [0, 0.1) is 25.3 Å². The first-order valence-corrected chi connectivity index (χ1v) is 14.0. The van der Waals surface area contributed by atoms with E-state index >= 15 is 0 Å². The summed E-state index contributed by atoms with van der Waals surface area (Å²) in [4.78, 5) is 29.0. The molecule has 1 aromatic heterocycles. The fraction of sp³-hybridized carbons (Fsp3) is 0.273. The van der Waals surface area contributed by atoms with Crippen LogP contribution < -0.4 is 10.6 Å². The molecular formula is C33H30F3N7O. The lowest BCUT2D eigenvalue weighted by atomic mass is 10.0. The minimum absolute atomic E-state index is 0.0460. The van der Waals surface area contributed by atoms with Gasteiger partial charge in [0.25, 0.3) is 0 Å². The largest absolute Gasteiger partial charge is 0.416 e. The van der Waals surface area contributed by atoms with Crippen molar-refractivity contribution in [1.82, 2.24) is 14.8 Å². The van der Waals surface area contributed by atoms with E-state index < -0.39 is 17.8 Å². The van der Waals surface area contributed by atoms with Crippen LogP contribution in [0.2, 0.25) is 0 Å². The van der Waals surface area contributed by atoms with Crippen molar-refractivity contribution in [1.29, 1.82) is 0 Å². The molecule has 2 aromatic carbocycles. The van der Waals surface area contributed by atoms with Crippen molar-refractivity contribution in [2.24, 2.45) is 4.99 Å². The number of nitrogens with one attached hydrogen (secondary N) is 2. The smallest absolute Gasteiger partial charge is 0.308 e. The number of aryl methyl sites for hydroxylation is 1. The van der Waals surface area contributed by atoms with E-state index in [9.17, 15) is 18.0 Å². The molecule has 5 rings (SSSR count). The van der Waals surface area contributed by atoms with Gasteiger partial charge in [0, 0.05) is 74.0 Å². The van der Waals surface area contributed by atoms with E-state index in [4.69, 9.17) is 6.57 Å². The number of allylic oxidation sites excluding steroid dienone is 1. The lowest BCUT2D eigenvalue weighted by Crippen LogP contribution is -2.44. The number of hydrogen-bond donors (Lipinski definition) is 2. The third kappa shape index (κ3) is 7.70. The molecule has 0 radical (unpaired) electrons. The molecule has 0 bridgehead atoms. The molecule has 2 amide bonds. The lowest BCUT2D eigenvalue weighted by molar-refractivity contribution is -0.138. The Morgan fingerprint density at radius 3 is 2.41 bits per heavy atom. The number of anilines is 2. The highest BCUT2D eigenvalue weighted by atomic mass is 19.4. The molecule has 0 unspecified atom stereocenters. The molecule has 1 saturated heterocycles. The maximum atomic E-state index is 13.9. The summed E-state index contributed by atoms with van der Waals surface area (Å²) in [5.74, 6) is 6.15. The van der Waals surface area contributed by atoms with E-state index in [0.717, 1.165) is 30.4 Å². The number of amides is 2. The van der Waals surface area contributed by atoms with Gasteiger partial charge in [-0.2, -0.15) is 13.2 Å². The molecule has 2 aliphatic heterocycles. The minimum atomic E-state index is -4.56. The second-order valence-corrected chi connectivity index (χ2v) is 10.7. The van der Waals surface area contributed by atoms with E-state index in [0.29, 0.717) is 47.7 Å². The van der Waals surface area contributed by atoms with Gasteiger partial charge in [0.1, 0.15) is 0 Å². The Morgan fingerprint density at radius 2 is 1.75 bits per heavy atom. The molecule has 0 aliphatic carbocycles. The van der Waals surface area contributed by atoms with Crippen LogP contribution in [0.1, 0.15) is 39.9 Å². The number of carbonyl (C=O) groups is 1. The second-order valence-electron chi connectivity index (χ2n) is 10.7. The summed E-state index contributed by atoms with van der Waals surface area (Å²) in [6.07, 6.45) is -0.912. The number of nitrogens with zero attached hydrogens (tertiary/aromatic N) is 5. The van der Waals surface area contributed by atoms with E-state index in [1.54, 1.807) is 30.6 Å². The van der Waals surface area contributed by atoms with Gasteiger partial charge in [0.05, 0.1) is 23.5 Å². The molecule has 8 nitrogen and oxygen atoms in total. The Morgan fingerprint density at radius 1 is 1.02 bits per heavy atom. The topological polar surface area (TPSA) is 77.2 Å². The van der Waals surface area contributed by atoms with Crippen LogP contribution in [0.25, 0.3) is 4.85 Å². The van der Waals surface area contributed by atoms with Crippen LogP contribution in [0.15, 0.2) is 71.6 Å². The van der Waals surface area contributed by atoms with E-state index in [1.807, 2.05) is 31.0 Å². The average molecular weight is 598 g/mol. The molecule has 0 saturated carbocycles. The highest BCUT2D eigenvalue weighted by Crippen LogP contribution is 2.34. The van der Waals surface area contributed by atoms with Crippen molar-refractivity contribution in [3.05, 3.63) is 112 Å². The van der Waals surface area contributed by atoms with Crippen molar-refractivity contribution in [3.8, 4) is 11.8 Å². The molecule has 0 atom stereocenters. The number of halogens is 3. The first-order chi connectivity index (χ1) is 21.1. The van der Waals surface area contributed by atoms with Crippen LogP contribution in [-0.2, 0) is 12.7 Å². The molecule has 2 aliphatic rings. The van der Waals surface area contributed by atoms with Gasteiger partial charge in [0.2, 0.25) is 0 Å². The molecular weight excluding hydrogens is 567 g/mol. The summed E-state index contributed by atoms with van der Waals surface area (Å²) in [6.45, 7) is 12.2. The maximum absolute atomic E-state index is 13.9. The van der Waals surface area contributed by atoms with Crippen LogP contribution in [0.4, 0.5) is 29.3 Å². The number of hydrogen-bond acceptors (Lipinski definition) is 5. The zero-order chi connectivity index (χ0) is 31.3. The molecule has 1 fully saturated rings. The van der Waals surface area contributed by atoms with E-state index in [2.05, 4.69) is 42.2 Å². The number of urea groups is 1. The number of aliphatic imine (C=N–C) groups is 1. The van der Waals surface area contributed by atoms with Gasteiger partial charge in [-0.1, -0.05) is 24.0 Å². The number of alkyl halides is 3. The predicted molar refractivity (Wildman–Crippen MR) is 164 cm³/mol. The minimum Gasteiger partial charge on any atom is -0.308 e. The fourth-order valence-electron chi connectivity index (χ4n) is 4.85. The summed E-state index contributed by atoms with van der Waals surface area (Å²) in [6, 6.07) is 12.1. The number of pyridine rings is 1. The molecule has 224 valence electrons. The Hall–Kier alpha value is -4.97. The first-order valence-electron chi connectivity index (χ1n) is 14.0. The van der Waals surface area contributed by atoms with Crippen molar-refractivity contribution in [3.63, 3.8) is 0 Å². The molecule has 44 heavy (non-hydrogen) atoms. The van der Waals surface area contributed by atoms with E-state index in [1.165, 1.54) is 12.1 Å². The second kappa shape index (κ2) is 13.1. The predicted octanol–water partition coefficient (Wildman–Crippen LogP) is 6.15. The lowest BCUT2D eigenvalue weighted by Gasteiger charge is -2.33. The van der Waals surface area contributed by atoms with Gasteiger partial charge in [0.15, 0.2) is 5.70 Å². The number of likely N-dealkylation sites (N-methyl/N-ethyl adjacent to an activating group) is 1.